The van der Waals surface area contributed by atoms with E-state index in [-0.39, 0.29) is 0 Å². The lowest BCUT2D eigenvalue weighted by molar-refractivity contribution is -0.358. The molecule has 3 aliphatic heterocycles. The van der Waals surface area contributed by atoms with Crippen LogP contribution in [0.4, 0.5) is 0 Å². The summed E-state index contributed by atoms with van der Waals surface area (Å²) in [7, 11) is 0. The number of carbonyl (C=O) groups excluding carboxylic acids is 2. The summed E-state index contributed by atoms with van der Waals surface area (Å²) in [6.07, 6.45) is -24.9. The molecule has 21 nitrogen and oxygen atoms in total. The Kier molecular flexibility index (Phi) is 13.1. The van der Waals surface area contributed by atoms with Gasteiger partial charge in [-0.2, -0.15) is 0 Å². The maximum atomic E-state index is 12.4. The average Bonchev–Trinajstić information content (AvgIpc) is 2.99. The van der Waals surface area contributed by atoms with Gasteiger partial charge in [0.25, 0.3) is 5.79 Å². The van der Waals surface area contributed by atoms with Crippen molar-refractivity contribution >= 4 is 17.8 Å². The lowest BCUT2D eigenvalue weighted by Gasteiger charge is -2.48. The van der Waals surface area contributed by atoms with E-state index in [9.17, 15) is 70.6 Å². The van der Waals surface area contributed by atoms with Crippen molar-refractivity contribution in [2.24, 2.45) is 0 Å². The Morgan fingerprint density at radius 2 is 1.48 bits per heavy atom. The molecule has 2 amide bonds. The molecule has 266 valence electrons. The fourth-order valence-corrected chi connectivity index (χ4v) is 5.46. The normalized spacial score (nSPS) is 42.9. The van der Waals surface area contributed by atoms with Crippen molar-refractivity contribution in [2.75, 3.05) is 19.8 Å². The Hall–Kier alpha value is -2.19. The van der Waals surface area contributed by atoms with Gasteiger partial charge in [0.1, 0.15) is 67.1 Å². The molecule has 0 saturated carbocycles. The first-order valence-electron chi connectivity index (χ1n) is 14.2. The summed E-state index contributed by atoms with van der Waals surface area (Å²) in [6.45, 7) is -0.695. The molecule has 3 saturated heterocycles. The van der Waals surface area contributed by atoms with Crippen LogP contribution in [-0.2, 0) is 38.1 Å². The molecule has 13 N–H and O–H groups in total. The number of rotatable bonds is 12. The predicted molar refractivity (Wildman–Crippen MR) is 142 cm³/mol. The molecule has 0 radical (unpaired) electrons. The minimum Gasteiger partial charge on any atom is -0.477 e. The van der Waals surface area contributed by atoms with Crippen LogP contribution < -0.4 is 10.6 Å². The second kappa shape index (κ2) is 15.8. The van der Waals surface area contributed by atoms with Gasteiger partial charge in [0.2, 0.25) is 11.8 Å². The summed E-state index contributed by atoms with van der Waals surface area (Å²) >= 11 is 0. The van der Waals surface area contributed by atoms with E-state index in [2.05, 4.69) is 10.6 Å². The van der Waals surface area contributed by atoms with Gasteiger partial charge < -0.3 is 90.5 Å². The molecule has 0 spiro atoms. The number of nitrogens with one attached hydrogen (secondary N) is 2. The first-order valence-corrected chi connectivity index (χ1v) is 14.2. The van der Waals surface area contributed by atoms with Crippen LogP contribution in [-0.4, -0.2) is 191 Å². The number of hydrogen-bond acceptors (Lipinski definition) is 18. The zero-order valence-corrected chi connectivity index (χ0v) is 24.7. The summed E-state index contributed by atoms with van der Waals surface area (Å²) in [5, 5.41) is 117. The second-order valence-electron chi connectivity index (χ2n) is 11.3. The SMILES string of the molecule is CC(=O)N[C@H]1[C@H]([C@H](O)[C@H](O)CO)O[C@@](OC[C@H]2O[C@@H](O[C@H]3[C@H](O)[C@@H](NC(C)=O)C(O)O[C@@H]3CO)[C@H](O)[C@@H](O)[C@H]2O)(C(=O)O)C[C@@H]1O. The van der Waals surface area contributed by atoms with Gasteiger partial charge >= 0.3 is 5.97 Å². The zero-order chi connectivity index (χ0) is 34.7. The van der Waals surface area contributed by atoms with Crippen LogP contribution in [0.2, 0.25) is 0 Å². The summed E-state index contributed by atoms with van der Waals surface area (Å²) in [4.78, 5) is 35.7. The first kappa shape index (κ1) is 38.3. The molecule has 1 unspecified atom stereocenters. The molecule has 21 heteroatoms. The van der Waals surface area contributed by atoms with Gasteiger partial charge in [-0.3, -0.25) is 9.59 Å². The van der Waals surface area contributed by atoms with Crippen LogP contribution in [0.3, 0.4) is 0 Å². The van der Waals surface area contributed by atoms with E-state index in [0.717, 1.165) is 13.8 Å². The molecule has 16 atom stereocenters. The van der Waals surface area contributed by atoms with Crippen LogP contribution in [0.1, 0.15) is 20.3 Å². The van der Waals surface area contributed by atoms with Crippen molar-refractivity contribution < 1.29 is 94.2 Å². The fraction of sp³-hybridized carbons (Fsp3) is 0.880. The molecule has 0 aromatic heterocycles. The van der Waals surface area contributed by atoms with Crippen LogP contribution >= 0.6 is 0 Å². The summed E-state index contributed by atoms with van der Waals surface area (Å²) in [5.41, 5.74) is 0. The summed E-state index contributed by atoms with van der Waals surface area (Å²) in [5.74, 6) is -6.12. The number of carbonyl (C=O) groups is 3. The number of ether oxygens (including phenoxy) is 5. The van der Waals surface area contributed by atoms with E-state index in [4.69, 9.17) is 23.7 Å². The van der Waals surface area contributed by atoms with Gasteiger partial charge in [-0.1, -0.05) is 0 Å². The molecule has 0 aromatic carbocycles. The van der Waals surface area contributed by atoms with Gasteiger partial charge in [0.15, 0.2) is 12.6 Å². The monoisotopic (exact) mass is 674 g/mol. The van der Waals surface area contributed by atoms with E-state index in [1.807, 2.05) is 0 Å². The van der Waals surface area contributed by atoms with Crippen molar-refractivity contribution in [1.82, 2.24) is 10.6 Å². The quantitative estimate of drug-likeness (QED) is 0.0913. The largest absolute Gasteiger partial charge is 0.477 e. The highest BCUT2D eigenvalue weighted by Gasteiger charge is 2.57. The number of hydrogen-bond donors (Lipinski definition) is 13. The van der Waals surface area contributed by atoms with Crippen molar-refractivity contribution in [3.63, 3.8) is 0 Å². The molecule has 0 aliphatic carbocycles. The predicted octanol–water partition coefficient (Wildman–Crippen LogP) is -8.08. The minimum absolute atomic E-state index is 0.677. The third kappa shape index (κ3) is 8.26. The highest BCUT2D eigenvalue weighted by molar-refractivity contribution is 5.76. The number of aliphatic hydroxyl groups excluding tert-OH is 10. The van der Waals surface area contributed by atoms with E-state index in [1.165, 1.54) is 0 Å². The third-order valence-electron chi connectivity index (χ3n) is 7.87. The highest BCUT2D eigenvalue weighted by atomic mass is 16.8. The smallest absolute Gasteiger partial charge is 0.364 e. The Morgan fingerprint density at radius 3 is 2.02 bits per heavy atom. The van der Waals surface area contributed by atoms with Crippen molar-refractivity contribution in [3.8, 4) is 0 Å². The van der Waals surface area contributed by atoms with Gasteiger partial charge in [0, 0.05) is 20.3 Å². The molecular weight excluding hydrogens is 632 g/mol. The third-order valence-corrected chi connectivity index (χ3v) is 7.87. The number of aliphatic hydroxyl groups is 10. The molecule has 0 bridgehead atoms. The van der Waals surface area contributed by atoms with Crippen molar-refractivity contribution in [2.45, 2.75) is 118 Å². The Morgan fingerprint density at radius 1 is 0.870 bits per heavy atom. The second-order valence-corrected chi connectivity index (χ2v) is 11.3. The molecule has 3 aliphatic rings. The molecule has 46 heavy (non-hydrogen) atoms. The van der Waals surface area contributed by atoms with E-state index in [0.29, 0.717) is 0 Å². The Balaban J connectivity index is 1.83. The zero-order valence-electron chi connectivity index (χ0n) is 24.7. The summed E-state index contributed by atoms with van der Waals surface area (Å²) in [6, 6.07) is -2.96. The molecule has 3 heterocycles. The van der Waals surface area contributed by atoms with E-state index in [1.54, 1.807) is 0 Å². The Labute approximate surface area is 260 Å². The maximum Gasteiger partial charge on any atom is 0.364 e. The lowest BCUT2D eigenvalue weighted by atomic mass is 9.88. The number of carboxylic acids is 1. The molecule has 3 rings (SSSR count). The van der Waals surface area contributed by atoms with E-state index >= 15 is 0 Å². The van der Waals surface area contributed by atoms with Gasteiger partial charge in [-0.25, -0.2) is 4.79 Å². The molecule has 3 fully saturated rings. The van der Waals surface area contributed by atoms with E-state index < -0.39 is 142 Å². The van der Waals surface area contributed by atoms with Crippen molar-refractivity contribution in [3.05, 3.63) is 0 Å². The summed E-state index contributed by atoms with van der Waals surface area (Å²) < 4.78 is 27.2. The molecule has 0 aromatic rings. The van der Waals surface area contributed by atoms with Gasteiger partial charge in [-0.15, -0.1) is 0 Å². The van der Waals surface area contributed by atoms with Gasteiger partial charge in [0.05, 0.1) is 32.0 Å². The van der Waals surface area contributed by atoms with Crippen LogP contribution in [0, 0.1) is 0 Å². The number of aliphatic carboxylic acids is 1. The van der Waals surface area contributed by atoms with Gasteiger partial charge in [-0.05, 0) is 0 Å². The Bertz CT molecular complexity index is 1050. The first-order chi connectivity index (χ1) is 21.5. The fourth-order valence-electron chi connectivity index (χ4n) is 5.46. The van der Waals surface area contributed by atoms with Crippen LogP contribution in [0.25, 0.3) is 0 Å². The number of carboxylic acid groups (broad SMARTS) is 1. The highest BCUT2D eigenvalue weighted by Crippen LogP contribution is 2.35. The standard InChI is InChI=1S/C25H42N2O19/c1-7(30)26-13-9(32)3-25(24(40)41,46-21(13)15(34)10(33)4-28)42-6-12-16(35)18(37)19(38)23(44-12)45-20-11(5-29)43-22(39)14(17(20)36)27-8(2)31/h9-23,28-29,32-39H,3-6H2,1-2H3,(H,26,30)(H,27,31)(H,40,41)/t9-,10+,11+,12+,13+,14+,15+,16-,17+,18-,19+,20+,21+,22?,23-,25+/m0/s1. The number of amides is 2. The maximum absolute atomic E-state index is 12.4. The van der Waals surface area contributed by atoms with Crippen LogP contribution in [0.15, 0.2) is 0 Å². The lowest BCUT2D eigenvalue weighted by Crippen LogP contribution is -2.69. The van der Waals surface area contributed by atoms with Crippen molar-refractivity contribution in [1.29, 1.82) is 0 Å². The molecular formula is C25H42N2O19. The average molecular weight is 675 g/mol. The van der Waals surface area contributed by atoms with Crippen LogP contribution in [0.5, 0.6) is 0 Å². The topological polar surface area (TPSA) is 344 Å². The minimum atomic E-state index is -2.84.